The van der Waals surface area contributed by atoms with E-state index in [1.54, 1.807) is 36.5 Å². The van der Waals surface area contributed by atoms with E-state index in [1.807, 2.05) is 18.2 Å². The van der Waals surface area contributed by atoms with Crippen LogP contribution in [0.1, 0.15) is 55.0 Å². The highest BCUT2D eigenvalue weighted by Gasteiger charge is 2.22. The van der Waals surface area contributed by atoms with Crippen molar-refractivity contribution in [1.82, 2.24) is 9.66 Å². The zero-order chi connectivity index (χ0) is 25.1. The zero-order valence-electron chi connectivity index (χ0n) is 19.5. The maximum atomic E-state index is 13.4. The van der Waals surface area contributed by atoms with E-state index in [9.17, 15) is 9.18 Å². The van der Waals surface area contributed by atoms with E-state index in [2.05, 4.69) is 21.0 Å². The summed E-state index contributed by atoms with van der Waals surface area (Å²) in [5.74, 6) is 1.06. The molecule has 1 aromatic heterocycles. The van der Waals surface area contributed by atoms with Gasteiger partial charge in [-0.15, -0.1) is 0 Å². The first kappa shape index (κ1) is 24.7. The molecule has 36 heavy (non-hydrogen) atoms. The Kier molecular flexibility index (Phi) is 7.48. The number of fused-ring (bicyclic) bond motifs is 1. The lowest BCUT2D eigenvalue weighted by Crippen LogP contribution is -2.25. The van der Waals surface area contributed by atoms with Gasteiger partial charge in [0.15, 0.2) is 0 Å². The van der Waals surface area contributed by atoms with E-state index in [0.717, 1.165) is 30.2 Å². The highest BCUT2D eigenvalue weighted by molar-refractivity contribution is 9.10. The van der Waals surface area contributed by atoms with Gasteiger partial charge in [-0.2, -0.15) is 9.78 Å². The second kappa shape index (κ2) is 10.9. The predicted octanol–water partition coefficient (Wildman–Crippen LogP) is 7.46. The summed E-state index contributed by atoms with van der Waals surface area (Å²) < 4.78 is 21.4. The predicted molar refractivity (Wildman–Crippen MR) is 145 cm³/mol. The number of hydrogen-bond donors (Lipinski definition) is 0. The van der Waals surface area contributed by atoms with E-state index < -0.39 is 0 Å². The molecule has 0 atom stereocenters. The molecule has 0 bridgehead atoms. The van der Waals surface area contributed by atoms with Crippen LogP contribution < -0.4 is 10.3 Å². The molecule has 5 nitrogen and oxygen atoms in total. The lowest BCUT2D eigenvalue weighted by molar-refractivity contribution is 0.306. The van der Waals surface area contributed by atoms with Crippen molar-refractivity contribution in [1.29, 1.82) is 0 Å². The molecule has 3 aromatic carbocycles. The first-order valence-electron chi connectivity index (χ1n) is 11.9. The Morgan fingerprint density at radius 3 is 2.72 bits per heavy atom. The van der Waals surface area contributed by atoms with Gasteiger partial charge in [-0.25, -0.2) is 9.37 Å². The van der Waals surface area contributed by atoms with Crippen LogP contribution >= 0.6 is 27.5 Å². The van der Waals surface area contributed by atoms with Gasteiger partial charge in [-0.3, -0.25) is 4.79 Å². The van der Waals surface area contributed by atoms with Crippen LogP contribution in [0.3, 0.4) is 0 Å². The zero-order valence-corrected chi connectivity index (χ0v) is 21.8. The summed E-state index contributed by atoms with van der Waals surface area (Å²) in [6, 6.07) is 17.1. The highest BCUT2D eigenvalue weighted by Crippen LogP contribution is 2.32. The molecule has 1 saturated carbocycles. The van der Waals surface area contributed by atoms with Crippen LogP contribution in [0.15, 0.2) is 75.0 Å². The molecular weight excluding hydrogens is 545 g/mol. The number of rotatable bonds is 6. The Morgan fingerprint density at radius 2 is 1.94 bits per heavy atom. The van der Waals surface area contributed by atoms with Crippen molar-refractivity contribution in [3.05, 3.63) is 103 Å². The minimum Gasteiger partial charge on any atom is -0.487 e. The van der Waals surface area contributed by atoms with Crippen LogP contribution in [-0.4, -0.2) is 15.9 Å². The maximum Gasteiger partial charge on any atom is 0.282 e. The SMILES string of the molecule is O=c1c2cc(Br)ccc2nc(C2CCCCC2)n1N=Cc1ccc(OCc2cccc(F)c2)c(Cl)c1. The van der Waals surface area contributed by atoms with Crippen LogP contribution in [0.5, 0.6) is 5.75 Å². The molecule has 1 aliphatic rings. The Morgan fingerprint density at radius 1 is 1.11 bits per heavy atom. The van der Waals surface area contributed by atoms with E-state index in [1.165, 1.54) is 23.2 Å². The summed E-state index contributed by atoms with van der Waals surface area (Å²) in [5, 5.41) is 5.48. The van der Waals surface area contributed by atoms with E-state index in [-0.39, 0.29) is 23.9 Å². The van der Waals surface area contributed by atoms with E-state index in [0.29, 0.717) is 38.6 Å². The number of hydrogen-bond acceptors (Lipinski definition) is 4. The molecule has 0 unspecified atom stereocenters. The summed E-state index contributed by atoms with van der Waals surface area (Å²) in [7, 11) is 0. The molecule has 1 aliphatic carbocycles. The number of aromatic nitrogens is 2. The second-order valence-corrected chi connectivity index (χ2v) is 10.3. The monoisotopic (exact) mass is 567 g/mol. The third-order valence-electron chi connectivity index (χ3n) is 6.37. The van der Waals surface area contributed by atoms with Crippen molar-refractivity contribution in [2.24, 2.45) is 5.10 Å². The largest absolute Gasteiger partial charge is 0.487 e. The van der Waals surface area contributed by atoms with Crippen molar-refractivity contribution in [3.8, 4) is 5.75 Å². The van der Waals surface area contributed by atoms with Gasteiger partial charge < -0.3 is 4.74 Å². The summed E-state index contributed by atoms with van der Waals surface area (Å²) in [6.45, 7) is 0.198. The average molecular weight is 569 g/mol. The first-order valence-corrected chi connectivity index (χ1v) is 13.1. The van der Waals surface area contributed by atoms with Crippen molar-refractivity contribution in [2.75, 3.05) is 0 Å². The molecule has 1 heterocycles. The van der Waals surface area contributed by atoms with Gasteiger partial charge in [0.25, 0.3) is 5.56 Å². The molecule has 0 aliphatic heterocycles. The van der Waals surface area contributed by atoms with Crippen molar-refractivity contribution >= 4 is 44.6 Å². The summed E-state index contributed by atoms with van der Waals surface area (Å²) in [5.41, 5.74) is 1.91. The lowest BCUT2D eigenvalue weighted by Gasteiger charge is -2.22. The average Bonchev–Trinajstić information content (AvgIpc) is 2.88. The summed E-state index contributed by atoms with van der Waals surface area (Å²) in [4.78, 5) is 18.3. The molecule has 0 N–H and O–H groups in total. The molecule has 0 radical (unpaired) electrons. The van der Waals surface area contributed by atoms with Gasteiger partial charge in [-0.1, -0.05) is 58.9 Å². The quantitative estimate of drug-likeness (QED) is 0.227. The van der Waals surface area contributed by atoms with E-state index >= 15 is 0 Å². The highest BCUT2D eigenvalue weighted by atomic mass is 79.9. The molecule has 4 aromatic rings. The van der Waals surface area contributed by atoms with Crippen LogP contribution in [0.2, 0.25) is 5.02 Å². The topological polar surface area (TPSA) is 56.5 Å². The van der Waals surface area contributed by atoms with E-state index in [4.69, 9.17) is 21.3 Å². The third kappa shape index (κ3) is 5.52. The fraction of sp³-hybridized carbons (Fsp3) is 0.250. The fourth-order valence-electron chi connectivity index (χ4n) is 4.53. The van der Waals surface area contributed by atoms with Gasteiger partial charge in [0, 0.05) is 10.4 Å². The second-order valence-electron chi connectivity index (χ2n) is 8.94. The maximum absolute atomic E-state index is 13.4. The number of halogens is 3. The molecule has 5 rings (SSSR count). The molecule has 0 spiro atoms. The Balaban J connectivity index is 1.44. The summed E-state index contributed by atoms with van der Waals surface area (Å²) in [6.07, 6.45) is 7.04. The van der Waals surface area contributed by atoms with Gasteiger partial charge in [0.2, 0.25) is 0 Å². The van der Waals surface area contributed by atoms with Crippen molar-refractivity contribution < 1.29 is 9.13 Å². The Labute approximate surface area is 221 Å². The Hall–Kier alpha value is -3.03. The Bertz CT molecular complexity index is 1500. The van der Waals surface area contributed by atoms with Crippen molar-refractivity contribution in [3.63, 3.8) is 0 Å². The summed E-state index contributed by atoms with van der Waals surface area (Å²) >= 11 is 9.89. The minimum atomic E-state index is -0.313. The smallest absolute Gasteiger partial charge is 0.282 e. The molecule has 0 saturated heterocycles. The normalized spacial score (nSPS) is 14.5. The number of benzene rings is 3. The molecule has 8 heteroatoms. The molecule has 0 amide bonds. The standard InChI is InChI=1S/C28H24BrClFN3O2/c29-21-10-11-25-23(15-21)28(35)34(27(33-25)20-6-2-1-3-7-20)32-16-18-9-12-26(24(30)14-18)36-17-19-5-4-8-22(31)13-19/h4-5,8-16,20H,1-3,6-7,17H2. The number of nitrogens with zero attached hydrogens (tertiary/aromatic N) is 3. The minimum absolute atomic E-state index is 0.193. The molecular formula is C28H24BrClFN3O2. The van der Waals surface area contributed by atoms with Crippen LogP contribution in [0.4, 0.5) is 4.39 Å². The van der Waals surface area contributed by atoms with Gasteiger partial charge in [0.05, 0.1) is 22.1 Å². The van der Waals surface area contributed by atoms with Gasteiger partial charge in [-0.05, 0) is 72.5 Å². The third-order valence-corrected chi connectivity index (χ3v) is 7.15. The van der Waals surface area contributed by atoms with Crippen LogP contribution in [-0.2, 0) is 6.61 Å². The van der Waals surface area contributed by atoms with Crippen LogP contribution in [0, 0.1) is 5.82 Å². The lowest BCUT2D eigenvalue weighted by atomic mass is 9.88. The van der Waals surface area contributed by atoms with Gasteiger partial charge in [0.1, 0.15) is 24.0 Å². The van der Waals surface area contributed by atoms with Crippen LogP contribution in [0.25, 0.3) is 10.9 Å². The molecule has 184 valence electrons. The van der Waals surface area contributed by atoms with Crippen molar-refractivity contribution in [2.45, 2.75) is 44.6 Å². The number of ether oxygens (including phenoxy) is 1. The fourth-order valence-corrected chi connectivity index (χ4v) is 5.13. The molecule has 1 fully saturated rings. The first-order chi connectivity index (χ1) is 17.5. The van der Waals surface area contributed by atoms with Gasteiger partial charge >= 0.3 is 0 Å².